The smallest absolute Gasteiger partial charge is 0.241 e. The monoisotopic (exact) mass is 310 g/mol. The number of benzene rings is 1. The van der Waals surface area contributed by atoms with Crippen LogP contribution in [0.25, 0.3) is 0 Å². The van der Waals surface area contributed by atoms with Crippen LogP contribution in [0.15, 0.2) is 12.1 Å². The van der Waals surface area contributed by atoms with Gasteiger partial charge in [0.25, 0.3) is 0 Å². The van der Waals surface area contributed by atoms with Crippen LogP contribution in [0.4, 0.5) is 5.69 Å². The number of carbonyl (C=O) groups excluding carboxylic acids is 1. The van der Waals surface area contributed by atoms with Gasteiger partial charge in [0.2, 0.25) is 5.91 Å². The zero-order valence-corrected chi connectivity index (χ0v) is 11.7. The van der Waals surface area contributed by atoms with Gasteiger partial charge in [0, 0.05) is 5.69 Å². The first-order valence-electron chi connectivity index (χ1n) is 5.30. The Balaban J connectivity index is 0.00000162. The summed E-state index contributed by atoms with van der Waals surface area (Å²) in [4.78, 5) is 11.8. The van der Waals surface area contributed by atoms with Crippen LogP contribution in [0, 0.1) is 0 Å². The maximum atomic E-state index is 11.8. The van der Waals surface area contributed by atoms with Crippen LogP contribution in [-0.2, 0) is 4.79 Å². The molecule has 1 aliphatic heterocycles. The van der Waals surface area contributed by atoms with Gasteiger partial charge in [-0.2, -0.15) is 0 Å². The minimum atomic E-state index is -0.176. The summed E-state index contributed by atoms with van der Waals surface area (Å²) in [5.41, 5.74) is 0.483. The third-order valence-corrected chi connectivity index (χ3v) is 3.24. The highest BCUT2D eigenvalue weighted by Gasteiger charge is 2.22. The number of amides is 1. The zero-order chi connectivity index (χ0) is 12.4. The van der Waals surface area contributed by atoms with E-state index in [0.717, 1.165) is 19.4 Å². The molecule has 0 radical (unpaired) electrons. The van der Waals surface area contributed by atoms with Crippen LogP contribution < -0.4 is 10.6 Å². The van der Waals surface area contributed by atoms with Crippen LogP contribution in [0.3, 0.4) is 0 Å². The number of rotatable bonds is 2. The van der Waals surface area contributed by atoms with Gasteiger partial charge in [-0.15, -0.1) is 12.4 Å². The molecule has 0 spiro atoms. The highest BCUT2D eigenvalue weighted by Crippen LogP contribution is 2.34. The fourth-order valence-corrected chi connectivity index (χ4v) is 2.26. The summed E-state index contributed by atoms with van der Waals surface area (Å²) < 4.78 is 0. The van der Waals surface area contributed by atoms with Crippen LogP contribution in [0.5, 0.6) is 5.75 Å². The SMILES string of the molecule is Cl.O=C(Nc1cc(Cl)c(O)c(Cl)c1)[C@@H]1CCCN1. The first-order valence-corrected chi connectivity index (χ1v) is 6.06. The molecule has 0 saturated carbocycles. The number of hydrogen-bond acceptors (Lipinski definition) is 3. The van der Waals surface area contributed by atoms with Crippen molar-refractivity contribution < 1.29 is 9.90 Å². The van der Waals surface area contributed by atoms with Crippen molar-refractivity contribution in [2.24, 2.45) is 0 Å². The summed E-state index contributed by atoms with van der Waals surface area (Å²) in [5, 5.41) is 15.4. The van der Waals surface area contributed by atoms with Crippen LogP contribution in [0.1, 0.15) is 12.8 Å². The number of carbonyl (C=O) groups is 1. The Morgan fingerprint density at radius 1 is 1.39 bits per heavy atom. The van der Waals surface area contributed by atoms with Gasteiger partial charge in [-0.25, -0.2) is 0 Å². The second-order valence-electron chi connectivity index (χ2n) is 3.93. The van der Waals surface area contributed by atoms with E-state index in [1.165, 1.54) is 12.1 Å². The van der Waals surface area contributed by atoms with Gasteiger partial charge < -0.3 is 15.7 Å². The Labute approximate surface area is 121 Å². The van der Waals surface area contributed by atoms with Crippen molar-refractivity contribution in [1.82, 2.24) is 5.32 Å². The van der Waals surface area contributed by atoms with Crippen molar-refractivity contribution in [3.8, 4) is 5.75 Å². The molecule has 1 aromatic carbocycles. The molecule has 1 saturated heterocycles. The molecule has 4 nitrogen and oxygen atoms in total. The number of aromatic hydroxyl groups is 1. The van der Waals surface area contributed by atoms with Crippen molar-refractivity contribution in [3.63, 3.8) is 0 Å². The summed E-state index contributed by atoms with van der Waals surface area (Å²) in [5.74, 6) is -0.286. The lowest BCUT2D eigenvalue weighted by Crippen LogP contribution is -2.35. The van der Waals surface area contributed by atoms with Crippen molar-refractivity contribution >= 4 is 47.2 Å². The number of hydrogen-bond donors (Lipinski definition) is 3. The van der Waals surface area contributed by atoms with E-state index in [0.29, 0.717) is 5.69 Å². The number of anilines is 1. The molecule has 1 aliphatic rings. The molecule has 0 aromatic heterocycles. The van der Waals surface area contributed by atoms with Gasteiger partial charge in [-0.05, 0) is 31.5 Å². The van der Waals surface area contributed by atoms with E-state index < -0.39 is 0 Å². The Morgan fingerprint density at radius 2 is 2.00 bits per heavy atom. The van der Waals surface area contributed by atoms with Crippen LogP contribution >= 0.6 is 35.6 Å². The van der Waals surface area contributed by atoms with Crippen LogP contribution in [-0.4, -0.2) is 23.6 Å². The molecule has 1 fully saturated rings. The predicted molar refractivity (Wildman–Crippen MR) is 75.0 cm³/mol. The molecule has 1 aromatic rings. The first kappa shape index (κ1) is 15.4. The molecule has 18 heavy (non-hydrogen) atoms. The molecule has 0 bridgehead atoms. The number of nitrogens with one attached hydrogen (secondary N) is 2. The molecule has 3 N–H and O–H groups in total. The molecule has 1 atom stereocenters. The topological polar surface area (TPSA) is 61.4 Å². The van der Waals surface area contributed by atoms with E-state index in [2.05, 4.69) is 10.6 Å². The van der Waals surface area contributed by atoms with Gasteiger partial charge in [-0.3, -0.25) is 4.79 Å². The highest BCUT2D eigenvalue weighted by molar-refractivity contribution is 6.37. The maximum Gasteiger partial charge on any atom is 0.241 e. The Morgan fingerprint density at radius 3 is 2.50 bits per heavy atom. The second kappa shape index (κ2) is 6.48. The average molecular weight is 312 g/mol. The van der Waals surface area contributed by atoms with E-state index in [4.69, 9.17) is 23.2 Å². The molecule has 2 rings (SSSR count). The minimum Gasteiger partial charge on any atom is -0.505 e. The van der Waals surface area contributed by atoms with Gasteiger partial charge in [0.1, 0.15) is 0 Å². The largest absolute Gasteiger partial charge is 0.505 e. The van der Waals surface area contributed by atoms with E-state index >= 15 is 0 Å². The van der Waals surface area contributed by atoms with E-state index in [-0.39, 0.29) is 40.2 Å². The van der Waals surface area contributed by atoms with Gasteiger partial charge in [0.15, 0.2) is 5.75 Å². The third-order valence-electron chi connectivity index (χ3n) is 2.66. The second-order valence-corrected chi connectivity index (χ2v) is 4.74. The lowest BCUT2D eigenvalue weighted by molar-refractivity contribution is -0.117. The van der Waals surface area contributed by atoms with Crippen molar-refractivity contribution in [1.29, 1.82) is 0 Å². The summed E-state index contributed by atoms with van der Waals surface area (Å²) >= 11 is 11.5. The zero-order valence-electron chi connectivity index (χ0n) is 9.37. The summed E-state index contributed by atoms with van der Waals surface area (Å²) in [6.07, 6.45) is 1.82. The van der Waals surface area contributed by atoms with Crippen LogP contribution in [0.2, 0.25) is 10.0 Å². The fraction of sp³-hybridized carbons (Fsp3) is 0.364. The average Bonchev–Trinajstić information content (AvgIpc) is 2.79. The van der Waals surface area contributed by atoms with E-state index in [1.807, 2.05) is 0 Å². The Kier molecular flexibility index (Phi) is 5.53. The first-order chi connectivity index (χ1) is 8.08. The molecule has 1 heterocycles. The third kappa shape index (κ3) is 3.42. The fourth-order valence-electron chi connectivity index (χ4n) is 1.78. The van der Waals surface area contributed by atoms with Gasteiger partial charge in [0.05, 0.1) is 16.1 Å². The maximum absolute atomic E-state index is 11.8. The predicted octanol–water partition coefficient (Wildman–Crippen LogP) is 2.81. The summed E-state index contributed by atoms with van der Waals surface area (Å²) in [7, 11) is 0. The normalized spacial score (nSPS) is 18.2. The lowest BCUT2D eigenvalue weighted by Gasteiger charge is -2.12. The molecule has 7 heteroatoms. The van der Waals surface area contributed by atoms with Crippen molar-refractivity contribution in [2.75, 3.05) is 11.9 Å². The number of phenolic OH excluding ortho intramolecular Hbond substituents is 1. The van der Waals surface area contributed by atoms with Gasteiger partial charge in [-0.1, -0.05) is 23.2 Å². The molecule has 100 valence electrons. The molecule has 1 amide bonds. The Bertz CT molecular complexity index is 425. The number of halogens is 3. The van der Waals surface area contributed by atoms with E-state index in [1.54, 1.807) is 0 Å². The minimum absolute atomic E-state index is 0. The van der Waals surface area contributed by atoms with E-state index in [9.17, 15) is 9.90 Å². The molecular weight excluding hydrogens is 298 g/mol. The molecule has 0 aliphatic carbocycles. The molecule has 0 unspecified atom stereocenters. The van der Waals surface area contributed by atoms with Crippen molar-refractivity contribution in [2.45, 2.75) is 18.9 Å². The standard InChI is InChI=1S/C11H12Cl2N2O2.ClH/c12-7-4-6(5-8(13)10(7)16)15-11(17)9-2-1-3-14-9;/h4-5,9,14,16H,1-3H2,(H,15,17);1H/t9-;/m0./s1. The van der Waals surface area contributed by atoms with Crippen molar-refractivity contribution in [3.05, 3.63) is 22.2 Å². The van der Waals surface area contributed by atoms with Gasteiger partial charge >= 0.3 is 0 Å². The quantitative estimate of drug-likeness (QED) is 0.736. The Hall–Kier alpha value is -0.680. The lowest BCUT2D eigenvalue weighted by atomic mass is 10.2. The number of phenols is 1. The highest BCUT2D eigenvalue weighted by atomic mass is 35.5. The molecular formula is C11H13Cl3N2O2. The summed E-state index contributed by atoms with van der Waals surface area (Å²) in [6.45, 7) is 0.856. The summed E-state index contributed by atoms with van der Waals surface area (Å²) in [6, 6.07) is 2.77.